The first-order chi connectivity index (χ1) is 16.9. The Labute approximate surface area is 206 Å². The van der Waals surface area contributed by atoms with Crippen LogP contribution in [-0.2, 0) is 9.53 Å². The molecule has 2 aliphatic rings. The largest absolute Gasteiger partial charge is 0.478 e. The van der Waals surface area contributed by atoms with Crippen LogP contribution in [0.15, 0.2) is 48.5 Å². The van der Waals surface area contributed by atoms with Gasteiger partial charge < -0.3 is 20.5 Å². The van der Waals surface area contributed by atoms with Crippen LogP contribution >= 0.6 is 11.5 Å². The van der Waals surface area contributed by atoms with E-state index in [4.69, 9.17) is 4.74 Å². The molecule has 2 amide bonds. The highest BCUT2D eigenvalue weighted by atomic mass is 32.1. The van der Waals surface area contributed by atoms with Crippen molar-refractivity contribution in [1.82, 2.24) is 9.69 Å². The van der Waals surface area contributed by atoms with E-state index in [-0.39, 0.29) is 29.0 Å². The number of rotatable bonds is 7. The van der Waals surface area contributed by atoms with E-state index in [0.29, 0.717) is 5.69 Å². The number of nitrogens with zero attached hydrogens (tertiary/aromatic N) is 1. The van der Waals surface area contributed by atoms with Crippen LogP contribution in [0.3, 0.4) is 0 Å². The lowest BCUT2D eigenvalue weighted by atomic mass is 9.79. The minimum atomic E-state index is -1.16. The van der Waals surface area contributed by atoms with Gasteiger partial charge in [0.05, 0.1) is 5.69 Å². The molecule has 2 aliphatic carbocycles. The van der Waals surface area contributed by atoms with E-state index in [9.17, 15) is 19.5 Å². The zero-order valence-corrected chi connectivity index (χ0v) is 19.9. The van der Waals surface area contributed by atoms with Crippen LogP contribution in [0.5, 0.6) is 0 Å². The maximum atomic E-state index is 13.1. The maximum absolute atomic E-state index is 13.1. The van der Waals surface area contributed by atoms with Crippen LogP contribution in [0.1, 0.15) is 52.4 Å². The molecule has 180 valence electrons. The van der Waals surface area contributed by atoms with Crippen molar-refractivity contribution >= 4 is 34.5 Å². The zero-order chi connectivity index (χ0) is 24.5. The summed E-state index contributed by atoms with van der Waals surface area (Å²) in [5, 5.41) is 15.0. The summed E-state index contributed by atoms with van der Waals surface area (Å²) >= 11 is 0.914. The molecule has 3 N–H and O–H groups in total. The van der Waals surface area contributed by atoms with Crippen molar-refractivity contribution in [2.24, 2.45) is 5.92 Å². The summed E-state index contributed by atoms with van der Waals surface area (Å²) in [7, 11) is 0. The number of aromatic carboxylic acids is 1. The van der Waals surface area contributed by atoms with E-state index in [0.717, 1.165) is 53.0 Å². The molecular formula is C26H25N3O5S. The highest BCUT2D eigenvalue weighted by molar-refractivity contribution is 7.11. The maximum Gasteiger partial charge on any atom is 0.407 e. The predicted octanol–water partition coefficient (Wildman–Crippen LogP) is 4.80. The lowest BCUT2D eigenvalue weighted by Crippen LogP contribution is -2.50. The van der Waals surface area contributed by atoms with E-state index in [1.807, 2.05) is 36.4 Å². The van der Waals surface area contributed by atoms with Crippen molar-refractivity contribution in [3.63, 3.8) is 0 Å². The Bertz CT molecular complexity index is 1250. The Hall–Kier alpha value is -3.72. The summed E-state index contributed by atoms with van der Waals surface area (Å²) in [6.45, 7) is 1.73. The Kier molecular flexibility index (Phi) is 6.25. The summed E-state index contributed by atoms with van der Waals surface area (Å²) in [5.41, 5.74) is 4.79. The second-order valence-corrected chi connectivity index (χ2v) is 9.68. The third-order valence-corrected chi connectivity index (χ3v) is 7.69. The van der Waals surface area contributed by atoms with E-state index in [2.05, 4.69) is 27.1 Å². The lowest BCUT2D eigenvalue weighted by molar-refractivity contribution is -0.120. The number of nitrogens with one attached hydrogen (secondary N) is 2. The van der Waals surface area contributed by atoms with Gasteiger partial charge in [0.15, 0.2) is 0 Å². The molecule has 1 fully saturated rings. The molecule has 0 aliphatic heterocycles. The summed E-state index contributed by atoms with van der Waals surface area (Å²) in [4.78, 5) is 37.4. The van der Waals surface area contributed by atoms with Gasteiger partial charge in [0, 0.05) is 5.92 Å². The molecule has 0 bridgehead atoms. The standard InChI is InChI=1S/C26H25N3O5S/c1-14-21(25(31)32)24(35-29-14)28-23(30)22(15-7-6-8-15)27-26(33)34-13-20-18-11-4-2-9-16(18)17-10-3-5-12-19(17)20/h2-5,9-12,15,20,22H,6-8,13H2,1H3,(H,27,33)(H,28,30)(H,31,32). The van der Waals surface area contributed by atoms with Gasteiger partial charge in [0.25, 0.3) is 0 Å². The second-order valence-electron chi connectivity index (χ2n) is 8.91. The SMILES string of the molecule is Cc1nsc(NC(=O)C(NC(=O)OCC2c3ccccc3-c3ccccc32)C2CCC2)c1C(=O)O. The number of carboxylic acid groups (broad SMARTS) is 1. The molecule has 9 heteroatoms. The van der Waals surface area contributed by atoms with Gasteiger partial charge in [0.2, 0.25) is 5.91 Å². The van der Waals surface area contributed by atoms with Crippen LogP contribution in [0.25, 0.3) is 11.1 Å². The van der Waals surface area contributed by atoms with Crippen LogP contribution in [-0.4, -0.2) is 40.1 Å². The normalized spacial score (nSPS) is 15.5. The quantitative estimate of drug-likeness (QED) is 0.437. The third kappa shape index (κ3) is 4.39. The zero-order valence-electron chi connectivity index (χ0n) is 19.1. The highest BCUT2D eigenvalue weighted by Crippen LogP contribution is 2.44. The van der Waals surface area contributed by atoms with Crippen molar-refractivity contribution in [1.29, 1.82) is 0 Å². The van der Waals surface area contributed by atoms with Gasteiger partial charge in [0.1, 0.15) is 23.2 Å². The van der Waals surface area contributed by atoms with Crippen LogP contribution < -0.4 is 10.6 Å². The summed E-state index contributed by atoms with van der Waals surface area (Å²) < 4.78 is 9.66. The molecule has 0 saturated heterocycles. The molecule has 1 heterocycles. The molecule has 0 spiro atoms. The van der Waals surface area contributed by atoms with E-state index in [1.54, 1.807) is 6.92 Å². The number of aryl methyl sites for hydroxylation is 1. The van der Waals surface area contributed by atoms with Gasteiger partial charge in [-0.2, -0.15) is 4.37 Å². The van der Waals surface area contributed by atoms with Gasteiger partial charge in [-0.05, 0) is 59.5 Å². The minimum Gasteiger partial charge on any atom is -0.478 e. The number of alkyl carbamates (subject to hydrolysis) is 1. The first-order valence-electron chi connectivity index (χ1n) is 11.6. The number of benzene rings is 2. The minimum absolute atomic E-state index is 0.0298. The molecule has 35 heavy (non-hydrogen) atoms. The number of amides is 2. The van der Waals surface area contributed by atoms with Crippen LogP contribution in [0.4, 0.5) is 9.80 Å². The number of carboxylic acids is 1. The molecule has 8 nitrogen and oxygen atoms in total. The Morgan fingerprint density at radius 1 is 1.09 bits per heavy atom. The van der Waals surface area contributed by atoms with Gasteiger partial charge in [-0.15, -0.1) is 0 Å². The molecule has 2 aromatic carbocycles. The Morgan fingerprint density at radius 2 is 1.71 bits per heavy atom. The van der Waals surface area contributed by atoms with Gasteiger partial charge in [-0.25, -0.2) is 9.59 Å². The molecule has 1 atom stereocenters. The van der Waals surface area contributed by atoms with E-state index >= 15 is 0 Å². The average molecular weight is 492 g/mol. The van der Waals surface area contributed by atoms with Gasteiger partial charge in [-0.3, -0.25) is 4.79 Å². The molecule has 0 radical (unpaired) electrons. The second kappa shape index (κ2) is 9.50. The fraction of sp³-hybridized carbons (Fsp3) is 0.308. The fourth-order valence-corrected chi connectivity index (χ4v) is 5.63. The Balaban J connectivity index is 1.27. The van der Waals surface area contributed by atoms with Gasteiger partial charge in [-0.1, -0.05) is 55.0 Å². The summed E-state index contributed by atoms with van der Waals surface area (Å²) in [6, 6.07) is 15.3. The predicted molar refractivity (Wildman–Crippen MR) is 132 cm³/mol. The van der Waals surface area contributed by atoms with Crippen LogP contribution in [0, 0.1) is 12.8 Å². The molecule has 3 aromatic rings. The van der Waals surface area contributed by atoms with Crippen LogP contribution in [0.2, 0.25) is 0 Å². The first-order valence-corrected chi connectivity index (χ1v) is 12.3. The van der Waals surface area contributed by atoms with Gasteiger partial charge >= 0.3 is 12.1 Å². The molecular weight excluding hydrogens is 466 g/mol. The highest BCUT2D eigenvalue weighted by Gasteiger charge is 2.36. The molecule has 5 rings (SSSR count). The molecule has 1 unspecified atom stereocenters. The van der Waals surface area contributed by atoms with E-state index < -0.39 is 24.0 Å². The summed E-state index contributed by atoms with van der Waals surface area (Å²) in [5.74, 6) is -1.73. The number of aromatic nitrogens is 1. The molecule has 1 aromatic heterocycles. The van der Waals surface area contributed by atoms with Crippen molar-refractivity contribution in [2.45, 2.75) is 38.1 Å². The monoisotopic (exact) mass is 491 g/mol. The average Bonchev–Trinajstić information content (AvgIpc) is 3.33. The van der Waals surface area contributed by atoms with Crippen molar-refractivity contribution in [2.75, 3.05) is 11.9 Å². The topological polar surface area (TPSA) is 118 Å². The number of hydrogen-bond acceptors (Lipinski definition) is 6. The number of carbonyl (C=O) groups excluding carboxylic acids is 2. The number of hydrogen-bond donors (Lipinski definition) is 3. The number of carbonyl (C=O) groups is 3. The third-order valence-electron chi connectivity index (χ3n) is 6.83. The van der Waals surface area contributed by atoms with Crippen molar-refractivity contribution < 1.29 is 24.2 Å². The number of anilines is 1. The fourth-order valence-electron chi connectivity index (χ4n) is 4.83. The van der Waals surface area contributed by atoms with Crippen molar-refractivity contribution in [3.05, 3.63) is 70.9 Å². The van der Waals surface area contributed by atoms with Crippen molar-refractivity contribution in [3.8, 4) is 11.1 Å². The first kappa shape index (κ1) is 23.0. The Morgan fingerprint density at radius 3 is 2.29 bits per heavy atom. The van der Waals surface area contributed by atoms with E-state index in [1.165, 1.54) is 0 Å². The number of fused-ring (bicyclic) bond motifs is 3. The number of ether oxygens (including phenoxy) is 1. The smallest absolute Gasteiger partial charge is 0.407 e. The lowest BCUT2D eigenvalue weighted by Gasteiger charge is -2.33. The molecule has 1 saturated carbocycles. The summed E-state index contributed by atoms with van der Waals surface area (Å²) in [6.07, 6.45) is 1.91.